The predicted octanol–water partition coefficient (Wildman–Crippen LogP) is 11.2. The van der Waals surface area contributed by atoms with E-state index in [-0.39, 0.29) is 19.7 Å². The molecule has 1 aliphatic rings. The first-order valence-electron chi connectivity index (χ1n) is 14.4. The van der Waals surface area contributed by atoms with Gasteiger partial charge in [-0.1, -0.05) is 158 Å². The molecule has 0 fully saturated rings. The van der Waals surface area contributed by atoms with Crippen molar-refractivity contribution in [1.29, 1.82) is 0 Å². The molecule has 0 spiro atoms. The zero-order valence-corrected chi connectivity index (χ0v) is 29.7. The van der Waals surface area contributed by atoms with Crippen LogP contribution in [0.3, 0.4) is 0 Å². The maximum Gasteiger partial charge on any atom is 0.179 e. The molecule has 43 heavy (non-hydrogen) atoms. The van der Waals surface area contributed by atoms with Crippen LogP contribution in [0, 0.1) is 0 Å². The highest BCUT2D eigenvalue weighted by Gasteiger charge is 2.65. The second-order valence-corrected chi connectivity index (χ2v) is 50.1. The Balaban J connectivity index is 1.54. The number of fused-ring (bicyclic) bond motifs is 1. The molecule has 0 N–H and O–H groups in total. The van der Waals surface area contributed by atoms with E-state index >= 15 is 0 Å². The van der Waals surface area contributed by atoms with E-state index in [0.29, 0.717) is 0 Å². The minimum Gasteiger partial charge on any atom is -0.0622 e. The normalized spacial score (nSPS) is 16.4. The summed E-state index contributed by atoms with van der Waals surface area (Å²) in [5.74, 6) is 0. The summed E-state index contributed by atoms with van der Waals surface area (Å²) in [6, 6.07) is 70.5. The van der Waals surface area contributed by atoms with Gasteiger partial charge in [0, 0.05) is 20.8 Å². The minimum atomic E-state index is -1.71. The molecular formula is C36H30P7+. The minimum absolute atomic E-state index is 0.177. The molecule has 3 unspecified atom stereocenters. The summed E-state index contributed by atoms with van der Waals surface area (Å²) in [6.07, 6.45) is -1.71. The SMILES string of the molecule is c1ccc(P(c2ccccc2)p2p3p2[P+](c2ccccc2)(c2ccccc2)P=P3(c2ccccc2)c2ccccc2)cc1. The lowest BCUT2D eigenvalue weighted by Gasteiger charge is -2.26. The lowest BCUT2D eigenvalue weighted by molar-refractivity contribution is 1.76. The summed E-state index contributed by atoms with van der Waals surface area (Å²) in [4.78, 5) is 0. The maximum absolute atomic E-state index is 2.50. The average molecular weight is 679 g/mol. The molecule has 0 aliphatic carbocycles. The topological polar surface area (TPSA) is 0 Å². The quantitative estimate of drug-likeness (QED) is 0.147. The first kappa shape index (κ1) is 28.3. The van der Waals surface area contributed by atoms with Gasteiger partial charge in [-0.3, -0.25) is 0 Å². The van der Waals surface area contributed by atoms with E-state index < -0.39 is 20.5 Å². The van der Waals surface area contributed by atoms with Crippen LogP contribution < -0.4 is 31.8 Å². The van der Waals surface area contributed by atoms with Crippen LogP contribution >= 0.6 is 47.8 Å². The molecule has 0 saturated heterocycles. The lowest BCUT2D eigenvalue weighted by Crippen LogP contribution is -2.15. The standard InChI is InChI=1S/C36H30P7/c1-7-19-31(20-8-1)38(32-21-9-2-10-22-32)39-40-41(39)43(35-27-15-5-16-28-35,36-29-17-6-18-30-36)37-42(40,33-23-11-3-12-24-33)34-25-13-4-14-26-34/h1-30H/q+1. The first-order chi connectivity index (χ1) is 21.3. The molecule has 0 bridgehead atoms. The molecule has 1 aliphatic heterocycles. The largest absolute Gasteiger partial charge is 0.179 e. The van der Waals surface area contributed by atoms with Gasteiger partial charge in [0.05, 0.1) is 6.24 Å². The van der Waals surface area contributed by atoms with E-state index in [1.807, 2.05) is 0 Å². The van der Waals surface area contributed by atoms with E-state index in [0.717, 1.165) is 0 Å². The number of hydrogen-bond acceptors (Lipinski definition) is 0. The smallest absolute Gasteiger partial charge is 0.0622 e. The third-order valence-electron chi connectivity index (χ3n) is 7.87. The zero-order valence-electron chi connectivity index (χ0n) is 23.5. The fraction of sp³-hybridized carbons (Fsp3) is 0. The Morgan fingerprint density at radius 1 is 0.442 bits per heavy atom. The van der Waals surface area contributed by atoms with Gasteiger partial charge in [0.2, 0.25) is 0 Å². The Labute approximate surface area is 260 Å². The van der Waals surface area contributed by atoms with Crippen LogP contribution in [0.2, 0.25) is 0 Å². The highest BCUT2D eigenvalue weighted by Crippen LogP contribution is 3.26. The fourth-order valence-corrected chi connectivity index (χ4v) is 165. The van der Waals surface area contributed by atoms with Crippen LogP contribution in [0.4, 0.5) is 0 Å². The molecule has 7 heteroatoms. The van der Waals surface area contributed by atoms with Gasteiger partial charge in [-0.05, 0) is 45.5 Å². The molecule has 3 atom stereocenters. The van der Waals surface area contributed by atoms with E-state index in [1.54, 1.807) is 39.4 Å². The maximum atomic E-state index is 2.50. The summed E-state index contributed by atoms with van der Waals surface area (Å²) < 4.78 is 0. The van der Waals surface area contributed by atoms with E-state index in [1.165, 1.54) is 0 Å². The van der Waals surface area contributed by atoms with Crippen LogP contribution in [0.1, 0.15) is 0 Å². The highest BCUT2D eigenvalue weighted by atomic mass is 33.2. The van der Waals surface area contributed by atoms with Gasteiger partial charge >= 0.3 is 0 Å². The fourth-order valence-electron chi connectivity index (χ4n) is 5.94. The van der Waals surface area contributed by atoms with Crippen molar-refractivity contribution in [3.05, 3.63) is 182 Å². The molecule has 0 radical (unpaired) electrons. The molecule has 8 rings (SSSR count). The van der Waals surface area contributed by atoms with Crippen molar-refractivity contribution in [2.75, 3.05) is 0 Å². The lowest BCUT2D eigenvalue weighted by atomic mass is 10.4. The second kappa shape index (κ2) is 12.0. The Hall–Kier alpha value is -2.19. The number of rotatable bonds is 7. The van der Waals surface area contributed by atoms with Gasteiger partial charge < -0.3 is 0 Å². The number of hydrogen-bond donors (Lipinski definition) is 0. The van der Waals surface area contributed by atoms with Crippen molar-refractivity contribution in [3.63, 3.8) is 0 Å². The second-order valence-electron chi connectivity index (χ2n) is 10.4. The van der Waals surface area contributed by atoms with Gasteiger partial charge in [-0.25, -0.2) is 0 Å². The molecule has 0 saturated carbocycles. The van der Waals surface area contributed by atoms with Gasteiger partial charge in [-0.15, -0.1) is 0 Å². The Morgan fingerprint density at radius 3 is 1.19 bits per heavy atom. The zero-order chi connectivity index (χ0) is 28.7. The highest BCUT2D eigenvalue weighted by molar-refractivity contribution is 9.25. The van der Waals surface area contributed by atoms with Crippen molar-refractivity contribution < 1.29 is 0 Å². The molecule has 7 aromatic rings. The third kappa shape index (κ3) is 4.72. The molecular weight excluding hydrogens is 649 g/mol. The van der Waals surface area contributed by atoms with Crippen LogP contribution in [-0.2, 0) is 0 Å². The van der Waals surface area contributed by atoms with Gasteiger partial charge in [0.25, 0.3) is 0 Å². The molecule has 1 aromatic heterocycles. The summed E-state index contributed by atoms with van der Waals surface area (Å²) in [6.45, 7) is -2.25. The molecule has 0 nitrogen and oxygen atoms in total. The van der Waals surface area contributed by atoms with Gasteiger partial charge in [-0.2, -0.15) is 0 Å². The summed E-state index contributed by atoms with van der Waals surface area (Å²) in [5, 5.41) is 9.69. The van der Waals surface area contributed by atoms with Gasteiger partial charge in [0.15, 0.2) is 6.64 Å². The predicted molar refractivity (Wildman–Crippen MR) is 205 cm³/mol. The first-order valence-corrected chi connectivity index (χ1v) is 29.9. The van der Waals surface area contributed by atoms with Crippen molar-refractivity contribution in [2.45, 2.75) is 0 Å². The van der Waals surface area contributed by atoms with Crippen molar-refractivity contribution >= 4 is 79.6 Å². The summed E-state index contributed by atoms with van der Waals surface area (Å²) in [7, 11) is 1.30. The molecule has 208 valence electrons. The van der Waals surface area contributed by atoms with Crippen LogP contribution in [0.5, 0.6) is 0 Å². The Kier molecular flexibility index (Phi) is 7.87. The van der Waals surface area contributed by atoms with Crippen LogP contribution in [0.25, 0.3) is 0 Å². The Morgan fingerprint density at radius 2 is 0.791 bits per heavy atom. The van der Waals surface area contributed by atoms with Crippen LogP contribution in [0.15, 0.2) is 182 Å². The van der Waals surface area contributed by atoms with Crippen molar-refractivity contribution in [2.24, 2.45) is 0 Å². The van der Waals surface area contributed by atoms with Gasteiger partial charge in [0.1, 0.15) is 24.7 Å². The van der Waals surface area contributed by atoms with E-state index in [2.05, 4.69) is 182 Å². The molecule has 2 heterocycles. The Bertz CT molecular complexity index is 1890. The molecule has 0 amide bonds. The van der Waals surface area contributed by atoms with E-state index in [4.69, 9.17) is 0 Å². The van der Waals surface area contributed by atoms with Crippen molar-refractivity contribution in [3.8, 4) is 0 Å². The number of benzene rings is 6. The molecule has 6 aromatic carbocycles. The summed E-state index contributed by atoms with van der Waals surface area (Å²) in [5.41, 5.74) is 0. The monoisotopic (exact) mass is 679 g/mol. The average Bonchev–Trinajstić information content (AvgIpc) is 3.74. The van der Waals surface area contributed by atoms with Crippen LogP contribution in [-0.4, -0.2) is 0 Å². The third-order valence-corrected chi connectivity index (χ3v) is 89.4. The van der Waals surface area contributed by atoms with Crippen molar-refractivity contribution in [1.82, 2.24) is 0 Å². The summed E-state index contributed by atoms with van der Waals surface area (Å²) >= 11 is 0. The van der Waals surface area contributed by atoms with E-state index in [9.17, 15) is 0 Å².